The van der Waals surface area contributed by atoms with Crippen molar-refractivity contribution in [3.05, 3.63) is 60.2 Å². The second-order valence-corrected chi connectivity index (χ2v) is 6.29. The maximum Gasteiger partial charge on any atom is 0.258 e. The number of fused-ring (bicyclic) bond motifs is 1. The third-order valence-electron chi connectivity index (χ3n) is 4.58. The summed E-state index contributed by atoms with van der Waals surface area (Å²) in [5.41, 5.74) is 1.53. The molecule has 26 heavy (non-hydrogen) atoms. The molecule has 0 bridgehead atoms. The Balaban J connectivity index is 1.65. The van der Waals surface area contributed by atoms with Gasteiger partial charge in [0, 0.05) is 18.3 Å². The molecule has 0 aliphatic carbocycles. The molecule has 0 fully saturated rings. The van der Waals surface area contributed by atoms with E-state index >= 15 is 0 Å². The van der Waals surface area contributed by atoms with E-state index in [0.717, 1.165) is 17.2 Å². The van der Waals surface area contributed by atoms with Gasteiger partial charge < -0.3 is 14.2 Å². The van der Waals surface area contributed by atoms with Crippen LogP contribution in [0.4, 0.5) is 0 Å². The highest BCUT2D eigenvalue weighted by molar-refractivity contribution is 5.96. The van der Waals surface area contributed by atoms with Crippen LogP contribution in [0, 0.1) is 0 Å². The van der Waals surface area contributed by atoms with Crippen molar-refractivity contribution in [3.8, 4) is 17.1 Å². The van der Waals surface area contributed by atoms with Crippen LogP contribution in [0.15, 0.2) is 48.8 Å². The van der Waals surface area contributed by atoms with Gasteiger partial charge in [0.05, 0.1) is 31.5 Å². The Morgan fingerprint density at radius 3 is 2.77 bits per heavy atom. The lowest BCUT2D eigenvalue weighted by atomic mass is 10.1. The SMILES string of the molecule is COc1cnccc1C(=O)N1Cc2nnc(-c3ccccc3)n2[C@@H](C)C1. The molecule has 0 N–H and O–H groups in total. The first-order chi connectivity index (χ1) is 12.7. The predicted octanol–water partition coefficient (Wildman–Crippen LogP) is 2.57. The van der Waals surface area contributed by atoms with Crippen LogP contribution >= 0.6 is 0 Å². The summed E-state index contributed by atoms with van der Waals surface area (Å²) in [5.74, 6) is 2.00. The van der Waals surface area contributed by atoms with Crippen molar-refractivity contribution < 1.29 is 9.53 Å². The number of pyridine rings is 1. The number of aromatic nitrogens is 4. The minimum absolute atomic E-state index is 0.0701. The number of hydrogen-bond donors (Lipinski definition) is 0. The maximum atomic E-state index is 13.0. The molecule has 7 heteroatoms. The van der Waals surface area contributed by atoms with E-state index in [4.69, 9.17) is 4.74 Å². The molecular weight excluding hydrogens is 330 g/mol. The van der Waals surface area contributed by atoms with Gasteiger partial charge in [0.2, 0.25) is 0 Å². The number of carbonyl (C=O) groups excluding carboxylic acids is 1. The van der Waals surface area contributed by atoms with Gasteiger partial charge >= 0.3 is 0 Å². The van der Waals surface area contributed by atoms with Gasteiger partial charge in [0.25, 0.3) is 5.91 Å². The molecule has 1 atom stereocenters. The fraction of sp³-hybridized carbons (Fsp3) is 0.263. The fourth-order valence-electron chi connectivity index (χ4n) is 3.36. The maximum absolute atomic E-state index is 13.0. The van der Waals surface area contributed by atoms with Crippen LogP contribution in [0.3, 0.4) is 0 Å². The molecule has 7 nitrogen and oxygen atoms in total. The molecule has 0 radical (unpaired) electrons. The van der Waals surface area contributed by atoms with Gasteiger partial charge in [0.15, 0.2) is 11.6 Å². The Bertz CT molecular complexity index is 938. The highest BCUT2D eigenvalue weighted by Gasteiger charge is 2.31. The van der Waals surface area contributed by atoms with Gasteiger partial charge in [-0.2, -0.15) is 0 Å². The molecule has 1 aliphatic heterocycles. The van der Waals surface area contributed by atoms with E-state index in [1.54, 1.807) is 23.4 Å². The summed E-state index contributed by atoms with van der Waals surface area (Å²) >= 11 is 0. The van der Waals surface area contributed by atoms with E-state index in [9.17, 15) is 4.79 Å². The molecule has 3 heterocycles. The standard InChI is InChI=1S/C19H19N5O2/c1-13-11-23(19(25)15-8-9-20-10-16(15)26-2)12-17-21-22-18(24(13)17)14-6-4-3-5-7-14/h3-10,13H,11-12H2,1-2H3/t13-/m0/s1. The molecule has 4 rings (SSSR count). The molecule has 2 aromatic heterocycles. The predicted molar refractivity (Wildman–Crippen MR) is 95.7 cm³/mol. The second-order valence-electron chi connectivity index (χ2n) is 6.29. The zero-order chi connectivity index (χ0) is 18.1. The lowest BCUT2D eigenvalue weighted by Crippen LogP contribution is -2.40. The molecule has 0 saturated carbocycles. The van der Waals surface area contributed by atoms with Crippen molar-refractivity contribution in [3.63, 3.8) is 0 Å². The van der Waals surface area contributed by atoms with Crippen molar-refractivity contribution in [2.75, 3.05) is 13.7 Å². The summed E-state index contributed by atoms with van der Waals surface area (Å²) in [6.07, 6.45) is 3.15. The monoisotopic (exact) mass is 349 g/mol. The summed E-state index contributed by atoms with van der Waals surface area (Å²) in [4.78, 5) is 18.8. The zero-order valence-corrected chi connectivity index (χ0v) is 14.7. The minimum Gasteiger partial charge on any atom is -0.494 e. The summed E-state index contributed by atoms with van der Waals surface area (Å²) < 4.78 is 7.39. The molecular formula is C19H19N5O2. The van der Waals surface area contributed by atoms with Gasteiger partial charge in [0.1, 0.15) is 5.75 Å². The Hall–Kier alpha value is -3.22. The van der Waals surface area contributed by atoms with Crippen molar-refractivity contribution in [1.82, 2.24) is 24.6 Å². The van der Waals surface area contributed by atoms with Gasteiger partial charge in [-0.15, -0.1) is 10.2 Å². The van der Waals surface area contributed by atoms with Crippen molar-refractivity contribution in [2.45, 2.75) is 19.5 Å². The Morgan fingerprint density at radius 1 is 1.19 bits per heavy atom. The molecule has 132 valence electrons. The number of methoxy groups -OCH3 is 1. The first kappa shape index (κ1) is 16.3. The molecule has 0 unspecified atom stereocenters. The molecule has 1 amide bonds. The normalized spacial score (nSPS) is 16.2. The number of benzene rings is 1. The van der Waals surface area contributed by atoms with Crippen LogP contribution in [-0.2, 0) is 6.54 Å². The summed E-state index contributed by atoms with van der Waals surface area (Å²) in [6, 6.07) is 11.7. The molecule has 1 aliphatic rings. The van der Waals surface area contributed by atoms with Crippen LogP contribution in [-0.4, -0.2) is 44.2 Å². The topological polar surface area (TPSA) is 73.1 Å². The van der Waals surface area contributed by atoms with Gasteiger partial charge in [-0.3, -0.25) is 9.78 Å². The van der Waals surface area contributed by atoms with Crippen molar-refractivity contribution in [1.29, 1.82) is 0 Å². The average molecular weight is 349 g/mol. The van der Waals surface area contributed by atoms with Gasteiger partial charge in [-0.1, -0.05) is 30.3 Å². The average Bonchev–Trinajstić information content (AvgIpc) is 3.12. The van der Waals surface area contributed by atoms with Crippen molar-refractivity contribution >= 4 is 5.91 Å². The van der Waals surface area contributed by atoms with Crippen molar-refractivity contribution in [2.24, 2.45) is 0 Å². The van der Waals surface area contributed by atoms with E-state index in [1.807, 2.05) is 30.3 Å². The minimum atomic E-state index is -0.0911. The van der Waals surface area contributed by atoms with Crippen LogP contribution < -0.4 is 4.74 Å². The first-order valence-corrected chi connectivity index (χ1v) is 8.45. The number of amides is 1. The highest BCUT2D eigenvalue weighted by Crippen LogP contribution is 2.29. The van der Waals surface area contributed by atoms with E-state index in [0.29, 0.717) is 24.4 Å². The lowest BCUT2D eigenvalue weighted by Gasteiger charge is -2.32. The number of hydrogen-bond acceptors (Lipinski definition) is 5. The highest BCUT2D eigenvalue weighted by atomic mass is 16.5. The van der Waals surface area contributed by atoms with Gasteiger partial charge in [-0.05, 0) is 13.0 Å². The number of ether oxygens (including phenoxy) is 1. The summed E-state index contributed by atoms with van der Waals surface area (Å²) in [6.45, 7) is 3.06. The largest absolute Gasteiger partial charge is 0.494 e. The van der Waals surface area contributed by atoms with Crippen LogP contribution in [0.1, 0.15) is 29.1 Å². The third-order valence-corrected chi connectivity index (χ3v) is 4.58. The molecule has 0 spiro atoms. The quantitative estimate of drug-likeness (QED) is 0.727. The van der Waals surface area contributed by atoms with E-state index < -0.39 is 0 Å². The lowest BCUT2D eigenvalue weighted by molar-refractivity contribution is 0.0678. The Labute approximate surface area is 151 Å². The smallest absolute Gasteiger partial charge is 0.258 e. The Morgan fingerprint density at radius 2 is 2.00 bits per heavy atom. The fourth-order valence-corrected chi connectivity index (χ4v) is 3.36. The third kappa shape index (κ3) is 2.71. The number of nitrogens with zero attached hydrogens (tertiary/aromatic N) is 5. The second kappa shape index (κ2) is 6.59. The summed E-state index contributed by atoms with van der Waals surface area (Å²) in [5, 5.41) is 8.69. The molecule has 3 aromatic rings. The van der Waals surface area contributed by atoms with Crippen LogP contribution in [0.5, 0.6) is 5.75 Å². The summed E-state index contributed by atoms with van der Waals surface area (Å²) in [7, 11) is 1.54. The van der Waals surface area contributed by atoms with Gasteiger partial charge in [-0.25, -0.2) is 0 Å². The molecule has 1 aromatic carbocycles. The van der Waals surface area contributed by atoms with E-state index in [2.05, 4.69) is 26.7 Å². The Kier molecular flexibility index (Phi) is 4.12. The van der Waals surface area contributed by atoms with Crippen LogP contribution in [0.25, 0.3) is 11.4 Å². The zero-order valence-electron chi connectivity index (χ0n) is 14.7. The number of carbonyl (C=O) groups is 1. The van der Waals surface area contributed by atoms with E-state index in [-0.39, 0.29) is 11.9 Å². The van der Waals surface area contributed by atoms with Crippen LogP contribution in [0.2, 0.25) is 0 Å². The number of rotatable bonds is 3. The van der Waals surface area contributed by atoms with E-state index in [1.165, 1.54) is 7.11 Å². The first-order valence-electron chi connectivity index (χ1n) is 8.45. The molecule has 0 saturated heterocycles.